The van der Waals surface area contributed by atoms with Crippen molar-refractivity contribution < 1.29 is 14.6 Å². The van der Waals surface area contributed by atoms with Crippen LogP contribution in [-0.4, -0.2) is 24.6 Å². The van der Waals surface area contributed by atoms with Gasteiger partial charge in [-0.3, -0.25) is 0 Å². The number of aliphatic hydroxyl groups is 1. The van der Waals surface area contributed by atoms with Gasteiger partial charge in [0.05, 0.1) is 6.61 Å². The molecule has 1 aliphatic carbocycles. The fraction of sp³-hybridized carbons (Fsp3) is 0.778. The van der Waals surface area contributed by atoms with Crippen molar-refractivity contribution in [3.63, 3.8) is 0 Å². The first kappa shape index (κ1) is 18.2. The van der Waals surface area contributed by atoms with Gasteiger partial charge in [-0.2, -0.15) is 0 Å². The van der Waals surface area contributed by atoms with E-state index in [1.54, 1.807) is 6.08 Å². The number of rotatable bonds is 11. The lowest BCUT2D eigenvalue weighted by Crippen LogP contribution is -2.29. The predicted octanol–water partition coefficient (Wildman–Crippen LogP) is 4.42. The van der Waals surface area contributed by atoms with Gasteiger partial charge in [0, 0.05) is 5.92 Å². The summed E-state index contributed by atoms with van der Waals surface area (Å²) in [4.78, 5) is 0. The molecule has 1 unspecified atom stereocenters. The molecule has 1 rings (SSSR count). The van der Waals surface area contributed by atoms with Crippen LogP contribution in [0.3, 0.4) is 0 Å². The lowest BCUT2D eigenvalue weighted by atomic mass is 9.79. The lowest BCUT2D eigenvalue weighted by Gasteiger charge is -2.31. The van der Waals surface area contributed by atoms with Gasteiger partial charge in [-0.25, -0.2) is 0 Å². The molecule has 0 aromatic carbocycles. The van der Waals surface area contributed by atoms with E-state index in [0.717, 1.165) is 18.8 Å². The van der Waals surface area contributed by atoms with E-state index >= 15 is 0 Å². The Bertz CT molecular complexity index is 293. The van der Waals surface area contributed by atoms with Crippen LogP contribution in [0.1, 0.15) is 58.3 Å². The molecular formula is C18H32O3. The normalized spacial score (nSPS) is 23.5. The van der Waals surface area contributed by atoms with E-state index in [1.807, 2.05) is 0 Å². The molecule has 0 amide bonds. The molecule has 0 aromatic heterocycles. The van der Waals surface area contributed by atoms with Gasteiger partial charge in [0.1, 0.15) is 12.4 Å². The standard InChI is InChI=1S/C18H32O3/c1-4-6-7-8-16-9-11-17(12-10-16)18(19)21-14-13-20-15(3)5-2/h5,16-19H,2-4,6-14H2,1H3. The van der Waals surface area contributed by atoms with Crippen LogP contribution in [0.5, 0.6) is 0 Å². The van der Waals surface area contributed by atoms with Crippen LogP contribution in [0.25, 0.3) is 0 Å². The highest BCUT2D eigenvalue weighted by Crippen LogP contribution is 2.33. The summed E-state index contributed by atoms with van der Waals surface area (Å²) >= 11 is 0. The maximum absolute atomic E-state index is 10.1. The minimum atomic E-state index is -0.651. The average Bonchev–Trinajstić information content (AvgIpc) is 2.52. The zero-order valence-electron chi connectivity index (χ0n) is 13.6. The van der Waals surface area contributed by atoms with Gasteiger partial charge in [0.2, 0.25) is 0 Å². The molecule has 1 N–H and O–H groups in total. The van der Waals surface area contributed by atoms with Crippen molar-refractivity contribution in [3.05, 3.63) is 25.0 Å². The quantitative estimate of drug-likeness (QED) is 0.265. The van der Waals surface area contributed by atoms with Crippen molar-refractivity contribution >= 4 is 0 Å². The molecule has 122 valence electrons. The molecule has 0 heterocycles. The topological polar surface area (TPSA) is 38.7 Å². The SMILES string of the molecule is C=CC(=C)OCCOC(O)C1CCC(CCCCC)CC1. The van der Waals surface area contributed by atoms with Crippen LogP contribution in [0.4, 0.5) is 0 Å². The minimum absolute atomic E-state index is 0.287. The summed E-state index contributed by atoms with van der Waals surface area (Å²) in [6.45, 7) is 10.3. The number of hydrogen-bond donors (Lipinski definition) is 1. The molecule has 1 saturated carbocycles. The zero-order chi connectivity index (χ0) is 15.5. The Balaban J connectivity index is 2.09. The highest BCUT2D eigenvalue weighted by molar-refractivity contribution is 5.01. The number of allylic oxidation sites excluding steroid dienone is 1. The molecule has 0 aliphatic heterocycles. The second-order valence-corrected chi connectivity index (χ2v) is 6.06. The summed E-state index contributed by atoms with van der Waals surface area (Å²) in [6, 6.07) is 0. The first-order chi connectivity index (χ1) is 10.2. The number of hydrogen-bond acceptors (Lipinski definition) is 3. The number of ether oxygens (including phenoxy) is 2. The maximum atomic E-state index is 10.1. The molecule has 1 fully saturated rings. The third-order valence-corrected chi connectivity index (χ3v) is 4.40. The molecular weight excluding hydrogens is 264 g/mol. The molecule has 0 aromatic rings. The zero-order valence-corrected chi connectivity index (χ0v) is 13.6. The van der Waals surface area contributed by atoms with Crippen molar-refractivity contribution in [2.45, 2.75) is 64.6 Å². The van der Waals surface area contributed by atoms with Crippen LogP contribution in [0.2, 0.25) is 0 Å². The van der Waals surface area contributed by atoms with E-state index in [-0.39, 0.29) is 5.92 Å². The molecule has 3 heteroatoms. The van der Waals surface area contributed by atoms with Gasteiger partial charge in [0.15, 0.2) is 6.29 Å². The summed E-state index contributed by atoms with van der Waals surface area (Å²) < 4.78 is 10.7. The molecule has 0 spiro atoms. The Labute approximate surface area is 130 Å². The molecule has 1 aliphatic rings. The highest BCUT2D eigenvalue weighted by Gasteiger charge is 2.26. The minimum Gasteiger partial charge on any atom is -0.492 e. The Morgan fingerprint density at radius 1 is 1.24 bits per heavy atom. The molecule has 0 radical (unpaired) electrons. The molecule has 0 bridgehead atoms. The summed E-state index contributed by atoms with van der Waals surface area (Å²) in [5.41, 5.74) is 0. The van der Waals surface area contributed by atoms with Gasteiger partial charge in [-0.05, 0) is 37.7 Å². The van der Waals surface area contributed by atoms with Crippen molar-refractivity contribution in [2.24, 2.45) is 11.8 Å². The molecule has 1 atom stereocenters. The van der Waals surface area contributed by atoms with Gasteiger partial charge < -0.3 is 14.6 Å². The van der Waals surface area contributed by atoms with E-state index in [2.05, 4.69) is 20.1 Å². The van der Waals surface area contributed by atoms with Crippen molar-refractivity contribution in [1.29, 1.82) is 0 Å². The van der Waals surface area contributed by atoms with Crippen molar-refractivity contribution in [1.82, 2.24) is 0 Å². The van der Waals surface area contributed by atoms with E-state index in [4.69, 9.17) is 9.47 Å². The van der Waals surface area contributed by atoms with E-state index < -0.39 is 6.29 Å². The van der Waals surface area contributed by atoms with Crippen LogP contribution in [0, 0.1) is 11.8 Å². The summed E-state index contributed by atoms with van der Waals surface area (Å²) in [7, 11) is 0. The van der Waals surface area contributed by atoms with E-state index in [1.165, 1.54) is 38.5 Å². The van der Waals surface area contributed by atoms with Crippen molar-refractivity contribution in [3.8, 4) is 0 Å². The Hall–Kier alpha value is -0.800. The van der Waals surface area contributed by atoms with Crippen molar-refractivity contribution in [2.75, 3.05) is 13.2 Å². The first-order valence-corrected chi connectivity index (χ1v) is 8.41. The first-order valence-electron chi connectivity index (χ1n) is 8.41. The lowest BCUT2D eigenvalue weighted by molar-refractivity contribution is -0.149. The third kappa shape index (κ3) is 7.68. The van der Waals surface area contributed by atoms with E-state index in [9.17, 15) is 5.11 Å². The van der Waals surface area contributed by atoms with Crippen LogP contribution >= 0.6 is 0 Å². The highest BCUT2D eigenvalue weighted by atomic mass is 16.6. The average molecular weight is 296 g/mol. The number of aliphatic hydroxyl groups excluding tert-OH is 1. The maximum Gasteiger partial charge on any atom is 0.157 e. The van der Waals surface area contributed by atoms with Gasteiger partial charge in [0.25, 0.3) is 0 Å². The number of unbranched alkanes of at least 4 members (excludes halogenated alkanes) is 2. The second kappa shape index (κ2) is 10.9. The smallest absolute Gasteiger partial charge is 0.157 e. The third-order valence-electron chi connectivity index (χ3n) is 4.40. The molecule has 21 heavy (non-hydrogen) atoms. The van der Waals surface area contributed by atoms with Gasteiger partial charge in [-0.1, -0.05) is 45.8 Å². The van der Waals surface area contributed by atoms with E-state index in [0.29, 0.717) is 19.0 Å². The monoisotopic (exact) mass is 296 g/mol. The second-order valence-electron chi connectivity index (χ2n) is 6.06. The Morgan fingerprint density at radius 3 is 2.57 bits per heavy atom. The largest absolute Gasteiger partial charge is 0.492 e. The predicted molar refractivity (Wildman–Crippen MR) is 86.8 cm³/mol. The summed E-state index contributed by atoms with van der Waals surface area (Å²) in [5, 5.41) is 10.1. The molecule has 3 nitrogen and oxygen atoms in total. The summed E-state index contributed by atoms with van der Waals surface area (Å²) in [6.07, 6.45) is 10.9. The van der Waals surface area contributed by atoms with Crippen LogP contribution < -0.4 is 0 Å². The van der Waals surface area contributed by atoms with Gasteiger partial charge in [-0.15, -0.1) is 0 Å². The fourth-order valence-corrected chi connectivity index (χ4v) is 2.98. The fourth-order valence-electron chi connectivity index (χ4n) is 2.98. The Morgan fingerprint density at radius 2 is 1.95 bits per heavy atom. The Kier molecular flexibility index (Phi) is 9.44. The summed E-state index contributed by atoms with van der Waals surface area (Å²) in [5.74, 6) is 1.69. The van der Waals surface area contributed by atoms with Crippen LogP contribution in [-0.2, 0) is 9.47 Å². The van der Waals surface area contributed by atoms with Gasteiger partial charge >= 0.3 is 0 Å². The van der Waals surface area contributed by atoms with Crippen LogP contribution in [0.15, 0.2) is 25.0 Å². The molecule has 0 saturated heterocycles.